The molecule has 0 bridgehead atoms. The van der Waals surface area contributed by atoms with Crippen molar-refractivity contribution in [1.82, 2.24) is 10.3 Å². The van der Waals surface area contributed by atoms with Crippen LogP contribution in [-0.2, 0) is 0 Å². The lowest BCUT2D eigenvalue weighted by Crippen LogP contribution is -2.34. The molecule has 1 aromatic heterocycles. The van der Waals surface area contributed by atoms with Gasteiger partial charge in [-0.1, -0.05) is 44.0 Å². The van der Waals surface area contributed by atoms with Gasteiger partial charge < -0.3 is 11.1 Å². The van der Waals surface area contributed by atoms with Gasteiger partial charge in [0.15, 0.2) is 0 Å². The molecule has 1 aromatic carbocycles. The Balaban J connectivity index is 1.78. The van der Waals surface area contributed by atoms with E-state index in [1.54, 1.807) is 6.07 Å². The Morgan fingerprint density at radius 1 is 1.33 bits per heavy atom. The SMILES string of the molecule is CC1(CNC(=O)c2cc3ccccc3c(N)n2)CCCC1. The fourth-order valence-corrected chi connectivity index (χ4v) is 3.13. The predicted octanol–water partition coefficient (Wildman–Crippen LogP) is 3.13. The van der Waals surface area contributed by atoms with Gasteiger partial charge in [-0.05, 0) is 29.7 Å². The van der Waals surface area contributed by atoms with Gasteiger partial charge in [0.2, 0.25) is 0 Å². The summed E-state index contributed by atoms with van der Waals surface area (Å²) in [5.74, 6) is 0.269. The third kappa shape index (κ3) is 2.84. The summed E-state index contributed by atoms with van der Waals surface area (Å²) in [5.41, 5.74) is 6.58. The van der Waals surface area contributed by atoms with Crippen molar-refractivity contribution in [1.29, 1.82) is 0 Å². The van der Waals surface area contributed by atoms with E-state index in [0.29, 0.717) is 18.1 Å². The van der Waals surface area contributed by atoms with Gasteiger partial charge in [0.05, 0.1) is 0 Å². The number of nitrogens with two attached hydrogens (primary N) is 1. The molecule has 0 saturated heterocycles. The van der Waals surface area contributed by atoms with E-state index in [1.165, 1.54) is 25.7 Å². The molecule has 0 aliphatic heterocycles. The van der Waals surface area contributed by atoms with Crippen molar-refractivity contribution in [3.63, 3.8) is 0 Å². The van der Waals surface area contributed by atoms with E-state index in [-0.39, 0.29) is 11.3 Å². The summed E-state index contributed by atoms with van der Waals surface area (Å²) in [4.78, 5) is 16.5. The fourth-order valence-electron chi connectivity index (χ4n) is 3.13. The highest BCUT2D eigenvalue weighted by Crippen LogP contribution is 2.36. The first-order valence-corrected chi connectivity index (χ1v) is 7.51. The average molecular weight is 283 g/mol. The van der Waals surface area contributed by atoms with Crippen molar-refractivity contribution in [2.75, 3.05) is 12.3 Å². The fraction of sp³-hybridized carbons (Fsp3) is 0.412. The monoisotopic (exact) mass is 283 g/mol. The second-order valence-corrected chi connectivity index (χ2v) is 6.31. The molecule has 21 heavy (non-hydrogen) atoms. The van der Waals surface area contributed by atoms with Crippen LogP contribution >= 0.6 is 0 Å². The molecule has 110 valence electrons. The van der Waals surface area contributed by atoms with E-state index in [9.17, 15) is 4.79 Å². The van der Waals surface area contributed by atoms with Crippen LogP contribution in [0.15, 0.2) is 30.3 Å². The highest BCUT2D eigenvalue weighted by molar-refractivity contribution is 5.99. The summed E-state index contributed by atoms with van der Waals surface area (Å²) < 4.78 is 0. The van der Waals surface area contributed by atoms with Crippen LogP contribution in [-0.4, -0.2) is 17.4 Å². The van der Waals surface area contributed by atoms with E-state index in [0.717, 1.165) is 10.8 Å². The van der Waals surface area contributed by atoms with Crippen LogP contribution in [0.1, 0.15) is 43.1 Å². The van der Waals surface area contributed by atoms with Crippen LogP contribution in [0, 0.1) is 5.41 Å². The van der Waals surface area contributed by atoms with Crippen LogP contribution < -0.4 is 11.1 Å². The summed E-state index contributed by atoms with van der Waals surface area (Å²) in [5, 5.41) is 4.85. The summed E-state index contributed by atoms with van der Waals surface area (Å²) in [6.07, 6.45) is 4.88. The Hall–Kier alpha value is -2.10. The van der Waals surface area contributed by atoms with E-state index in [1.807, 2.05) is 24.3 Å². The Morgan fingerprint density at radius 3 is 2.81 bits per heavy atom. The van der Waals surface area contributed by atoms with Gasteiger partial charge in [-0.15, -0.1) is 0 Å². The van der Waals surface area contributed by atoms with Gasteiger partial charge in [-0.3, -0.25) is 4.79 Å². The van der Waals surface area contributed by atoms with Crippen molar-refractivity contribution in [3.05, 3.63) is 36.0 Å². The van der Waals surface area contributed by atoms with Gasteiger partial charge >= 0.3 is 0 Å². The van der Waals surface area contributed by atoms with E-state index < -0.39 is 0 Å². The van der Waals surface area contributed by atoms with Crippen LogP contribution in [0.2, 0.25) is 0 Å². The molecule has 3 N–H and O–H groups in total. The van der Waals surface area contributed by atoms with E-state index in [2.05, 4.69) is 17.2 Å². The van der Waals surface area contributed by atoms with Gasteiger partial charge in [0.1, 0.15) is 11.5 Å². The minimum atomic E-state index is -0.138. The molecule has 1 aliphatic carbocycles. The number of nitrogen functional groups attached to an aromatic ring is 1. The topological polar surface area (TPSA) is 68.0 Å². The maximum atomic E-state index is 12.3. The first kappa shape index (κ1) is 13.9. The lowest BCUT2D eigenvalue weighted by atomic mass is 9.89. The third-order valence-electron chi connectivity index (χ3n) is 4.49. The minimum Gasteiger partial charge on any atom is -0.383 e. The minimum absolute atomic E-state index is 0.138. The van der Waals surface area contributed by atoms with Crippen molar-refractivity contribution >= 4 is 22.5 Å². The number of aromatic nitrogens is 1. The molecule has 1 aliphatic rings. The third-order valence-corrected chi connectivity index (χ3v) is 4.49. The van der Waals surface area contributed by atoms with Crippen LogP contribution in [0.5, 0.6) is 0 Å². The number of rotatable bonds is 3. The number of hydrogen-bond donors (Lipinski definition) is 2. The lowest BCUT2D eigenvalue weighted by Gasteiger charge is -2.23. The van der Waals surface area contributed by atoms with Crippen LogP contribution in [0.25, 0.3) is 10.8 Å². The van der Waals surface area contributed by atoms with Gasteiger partial charge in [0.25, 0.3) is 5.91 Å². The number of carbonyl (C=O) groups is 1. The number of anilines is 1. The molecule has 0 atom stereocenters. The summed E-state index contributed by atoms with van der Waals surface area (Å²) in [6, 6.07) is 9.52. The Labute approximate surface area is 124 Å². The number of fused-ring (bicyclic) bond motifs is 1. The van der Waals surface area contributed by atoms with Crippen molar-refractivity contribution in [2.24, 2.45) is 5.41 Å². The molecule has 1 heterocycles. The molecule has 1 fully saturated rings. The number of nitrogens with one attached hydrogen (secondary N) is 1. The van der Waals surface area contributed by atoms with Crippen molar-refractivity contribution < 1.29 is 4.79 Å². The van der Waals surface area contributed by atoms with E-state index in [4.69, 9.17) is 5.73 Å². The Kier molecular flexibility index (Phi) is 3.53. The first-order chi connectivity index (χ1) is 10.1. The molecule has 4 heteroatoms. The smallest absolute Gasteiger partial charge is 0.270 e. The predicted molar refractivity (Wildman–Crippen MR) is 85.1 cm³/mol. The molecule has 4 nitrogen and oxygen atoms in total. The number of pyridine rings is 1. The summed E-state index contributed by atoms with van der Waals surface area (Å²) >= 11 is 0. The molecular formula is C17H21N3O. The highest BCUT2D eigenvalue weighted by Gasteiger charge is 2.29. The second-order valence-electron chi connectivity index (χ2n) is 6.31. The molecule has 1 saturated carbocycles. The van der Waals surface area contributed by atoms with Gasteiger partial charge in [-0.25, -0.2) is 4.98 Å². The standard InChI is InChI=1S/C17H21N3O/c1-17(8-4-5-9-17)11-19-16(21)14-10-12-6-2-3-7-13(12)15(18)20-14/h2-3,6-7,10H,4-5,8-9,11H2,1H3,(H2,18,20)(H,19,21). The number of hydrogen-bond acceptors (Lipinski definition) is 3. The van der Waals surface area contributed by atoms with Crippen molar-refractivity contribution in [2.45, 2.75) is 32.6 Å². The average Bonchev–Trinajstić information content (AvgIpc) is 2.92. The number of carbonyl (C=O) groups excluding carboxylic acids is 1. The first-order valence-electron chi connectivity index (χ1n) is 7.51. The van der Waals surface area contributed by atoms with Crippen LogP contribution in [0.3, 0.4) is 0 Å². The molecule has 1 amide bonds. The summed E-state index contributed by atoms with van der Waals surface area (Å²) in [7, 11) is 0. The Morgan fingerprint density at radius 2 is 2.05 bits per heavy atom. The second kappa shape index (κ2) is 5.35. The lowest BCUT2D eigenvalue weighted by molar-refractivity contribution is 0.0929. The zero-order valence-corrected chi connectivity index (χ0v) is 12.4. The molecule has 2 aromatic rings. The zero-order chi connectivity index (χ0) is 14.9. The summed E-state index contributed by atoms with van der Waals surface area (Å²) in [6.45, 7) is 2.95. The maximum Gasteiger partial charge on any atom is 0.270 e. The highest BCUT2D eigenvalue weighted by atomic mass is 16.1. The molecule has 0 radical (unpaired) electrons. The molecule has 0 unspecified atom stereocenters. The van der Waals surface area contributed by atoms with Crippen molar-refractivity contribution in [3.8, 4) is 0 Å². The maximum absolute atomic E-state index is 12.3. The van der Waals surface area contributed by atoms with Crippen LogP contribution in [0.4, 0.5) is 5.82 Å². The number of benzene rings is 1. The molecular weight excluding hydrogens is 262 g/mol. The quantitative estimate of drug-likeness (QED) is 0.909. The van der Waals surface area contributed by atoms with Gasteiger partial charge in [-0.2, -0.15) is 0 Å². The normalized spacial score (nSPS) is 17.0. The van der Waals surface area contributed by atoms with Gasteiger partial charge in [0, 0.05) is 11.9 Å². The zero-order valence-electron chi connectivity index (χ0n) is 12.4. The Bertz CT molecular complexity index is 675. The number of amides is 1. The largest absolute Gasteiger partial charge is 0.383 e. The molecule has 3 rings (SSSR count). The number of nitrogens with zero attached hydrogens (tertiary/aromatic N) is 1. The molecule has 0 spiro atoms. The van der Waals surface area contributed by atoms with E-state index >= 15 is 0 Å².